The fourth-order valence-electron chi connectivity index (χ4n) is 2.55. The molecule has 1 aromatic heterocycles. The molecule has 0 radical (unpaired) electrons. The van der Waals surface area contributed by atoms with Crippen LogP contribution in [0.4, 0.5) is 0 Å². The molecule has 1 N–H and O–H groups in total. The molecule has 0 saturated carbocycles. The van der Waals surface area contributed by atoms with E-state index in [1.165, 1.54) is 11.1 Å². The minimum atomic E-state index is 0.525. The van der Waals surface area contributed by atoms with E-state index in [4.69, 9.17) is 4.52 Å². The zero-order chi connectivity index (χ0) is 14.5. The highest BCUT2D eigenvalue weighted by Crippen LogP contribution is 2.23. The number of hydrogen-bond acceptors (Lipinski definition) is 3. The molecule has 0 amide bonds. The van der Waals surface area contributed by atoms with Crippen LogP contribution in [0.15, 0.2) is 34.9 Å². The molecule has 0 aliphatic heterocycles. The van der Waals surface area contributed by atoms with Gasteiger partial charge >= 0.3 is 0 Å². The van der Waals surface area contributed by atoms with Gasteiger partial charge in [0, 0.05) is 18.7 Å². The van der Waals surface area contributed by atoms with Crippen LogP contribution in [0, 0.1) is 19.8 Å². The molecule has 3 heteroatoms. The monoisotopic (exact) mass is 272 g/mol. The van der Waals surface area contributed by atoms with Gasteiger partial charge in [-0.05, 0) is 31.2 Å². The van der Waals surface area contributed by atoms with E-state index < -0.39 is 0 Å². The van der Waals surface area contributed by atoms with Crippen LogP contribution in [0.2, 0.25) is 0 Å². The lowest BCUT2D eigenvalue weighted by atomic mass is 9.88. The Balaban J connectivity index is 1.97. The molecule has 0 bridgehead atoms. The summed E-state index contributed by atoms with van der Waals surface area (Å²) in [5.74, 6) is 2.04. The molecule has 1 heterocycles. The predicted octanol–water partition coefficient (Wildman–Crippen LogP) is 3.82. The summed E-state index contributed by atoms with van der Waals surface area (Å²) in [7, 11) is 0. The fourth-order valence-corrected chi connectivity index (χ4v) is 2.55. The second-order valence-corrected chi connectivity index (χ2v) is 5.69. The smallest absolute Gasteiger partial charge is 0.138 e. The standard InChI is InChI=1S/C17H24N2O/c1-12(2)16(15-8-6-5-7-9-15)10-18-11-17-13(3)19-20-14(17)4/h5-9,12,16,18H,10-11H2,1-4H3. The summed E-state index contributed by atoms with van der Waals surface area (Å²) in [5, 5.41) is 7.54. The first kappa shape index (κ1) is 14.8. The number of aromatic nitrogens is 1. The van der Waals surface area contributed by atoms with Gasteiger partial charge in [-0.1, -0.05) is 49.3 Å². The van der Waals surface area contributed by atoms with E-state index in [1.807, 2.05) is 13.8 Å². The first-order valence-corrected chi connectivity index (χ1v) is 7.27. The summed E-state index contributed by atoms with van der Waals surface area (Å²) in [6.45, 7) is 10.3. The molecule has 0 saturated heterocycles. The quantitative estimate of drug-likeness (QED) is 0.868. The maximum absolute atomic E-state index is 5.19. The van der Waals surface area contributed by atoms with E-state index in [9.17, 15) is 0 Å². The van der Waals surface area contributed by atoms with Crippen LogP contribution in [0.5, 0.6) is 0 Å². The largest absolute Gasteiger partial charge is 0.361 e. The van der Waals surface area contributed by atoms with E-state index in [0.717, 1.165) is 24.5 Å². The van der Waals surface area contributed by atoms with Gasteiger partial charge < -0.3 is 9.84 Å². The molecular weight excluding hydrogens is 248 g/mol. The molecule has 0 spiro atoms. The van der Waals surface area contributed by atoms with E-state index in [0.29, 0.717) is 11.8 Å². The van der Waals surface area contributed by atoms with Gasteiger partial charge in [0.15, 0.2) is 0 Å². The number of aryl methyl sites for hydroxylation is 2. The molecule has 0 aliphatic carbocycles. The Morgan fingerprint density at radius 3 is 2.40 bits per heavy atom. The van der Waals surface area contributed by atoms with Gasteiger partial charge in [0.05, 0.1) is 5.69 Å². The van der Waals surface area contributed by atoms with E-state index in [2.05, 4.69) is 54.7 Å². The van der Waals surface area contributed by atoms with Gasteiger partial charge in [-0.15, -0.1) is 0 Å². The van der Waals surface area contributed by atoms with Crippen molar-refractivity contribution >= 4 is 0 Å². The molecule has 0 aliphatic rings. The van der Waals surface area contributed by atoms with Crippen molar-refractivity contribution in [2.75, 3.05) is 6.54 Å². The van der Waals surface area contributed by atoms with Gasteiger partial charge in [-0.25, -0.2) is 0 Å². The average Bonchev–Trinajstić information content (AvgIpc) is 2.75. The number of nitrogens with zero attached hydrogens (tertiary/aromatic N) is 1. The highest BCUT2D eigenvalue weighted by molar-refractivity contribution is 5.22. The summed E-state index contributed by atoms with van der Waals surface area (Å²) >= 11 is 0. The van der Waals surface area contributed by atoms with Crippen molar-refractivity contribution in [1.29, 1.82) is 0 Å². The third-order valence-corrected chi connectivity index (χ3v) is 3.88. The minimum absolute atomic E-state index is 0.525. The molecule has 108 valence electrons. The Kier molecular flexibility index (Phi) is 4.96. The summed E-state index contributed by atoms with van der Waals surface area (Å²) in [5.41, 5.74) is 3.56. The number of rotatable bonds is 6. The molecule has 2 aromatic rings. The SMILES string of the molecule is Cc1noc(C)c1CNCC(c1ccccc1)C(C)C. The van der Waals surface area contributed by atoms with Gasteiger partial charge in [0.25, 0.3) is 0 Å². The Hall–Kier alpha value is -1.61. The summed E-state index contributed by atoms with van der Waals surface area (Å²) < 4.78 is 5.19. The van der Waals surface area contributed by atoms with Crippen LogP contribution in [0.3, 0.4) is 0 Å². The van der Waals surface area contributed by atoms with Crippen molar-refractivity contribution in [2.24, 2.45) is 5.92 Å². The lowest BCUT2D eigenvalue weighted by molar-refractivity contribution is 0.391. The molecule has 3 nitrogen and oxygen atoms in total. The summed E-state index contributed by atoms with van der Waals surface area (Å²) in [6.07, 6.45) is 0. The minimum Gasteiger partial charge on any atom is -0.361 e. The Morgan fingerprint density at radius 1 is 1.15 bits per heavy atom. The Labute approximate surface area is 121 Å². The summed E-state index contributed by atoms with van der Waals surface area (Å²) in [6, 6.07) is 10.7. The van der Waals surface area contributed by atoms with E-state index in [-0.39, 0.29) is 0 Å². The van der Waals surface area contributed by atoms with Crippen molar-refractivity contribution in [3.8, 4) is 0 Å². The normalized spacial score (nSPS) is 12.8. The molecule has 1 atom stereocenters. The van der Waals surface area contributed by atoms with Crippen LogP contribution >= 0.6 is 0 Å². The maximum atomic E-state index is 5.19. The second-order valence-electron chi connectivity index (χ2n) is 5.69. The van der Waals surface area contributed by atoms with Gasteiger partial charge in [0.1, 0.15) is 5.76 Å². The van der Waals surface area contributed by atoms with Crippen LogP contribution in [-0.4, -0.2) is 11.7 Å². The third-order valence-electron chi connectivity index (χ3n) is 3.88. The van der Waals surface area contributed by atoms with Crippen LogP contribution in [0.1, 0.15) is 42.3 Å². The van der Waals surface area contributed by atoms with Crippen molar-refractivity contribution in [2.45, 2.75) is 40.2 Å². The average molecular weight is 272 g/mol. The van der Waals surface area contributed by atoms with Crippen LogP contribution in [0.25, 0.3) is 0 Å². The highest BCUT2D eigenvalue weighted by Gasteiger charge is 2.16. The molecule has 0 fully saturated rings. The zero-order valence-electron chi connectivity index (χ0n) is 12.8. The third kappa shape index (κ3) is 3.48. The Bertz CT molecular complexity index is 512. The fraction of sp³-hybridized carbons (Fsp3) is 0.471. The lowest BCUT2D eigenvalue weighted by Gasteiger charge is -2.22. The number of nitrogens with one attached hydrogen (secondary N) is 1. The van der Waals surface area contributed by atoms with Gasteiger partial charge in [0.2, 0.25) is 0 Å². The van der Waals surface area contributed by atoms with Crippen molar-refractivity contribution in [1.82, 2.24) is 10.5 Å². The summed E-state index contributed by atoms with van der Waals surface area (Å²) in [4.78, 5) is 0. The molecule has 1 unspecified atom stereocenters. The van der Waals surface area contributed by atoms with Crippen molar-refractivity contribution in [3.05, 3.63) is 52.9 Å². The van der Waals surface area contributed by atoms with Gasteiger partial charge in [-0.3, -0.25) is 0 Å². The van der Waals surface area contributed by atoms with E-state index in [1.54, 1.807) is 0 Å². The molecular formula is C17H24N2O. The van der Waals surface area contributed by atoms with Crippen LogP contribution in [-0.2, 0) is 6.54 Å². The van der Waals surface area contributed by atoms with E-state index >= 15 is 0 Å². The Morgan fingerprint density at radius 2 is 1.85 bits per heavy atom. The maximum Gasteiger partial charge on any atom is 0.138 e. The zero-order valence-corrected chi connectivity index (χ0v) is 12.8. The number of benzene rings is 1. The van der Waals surface area contributed by atoms with Crippen molar-refractivity contribution < 1.29 is 4.52 Å². The molecule has 1 aromatic carbocycles. The number of hydrogen-bond donors (Lipinski definition) is 1. The second kappa shape index (κ2) is 6.71. The first-order chi connectivity index (χ1) is 9.59. The highest BCUT2D eigenvalue weighted by atomic mass is 16.5. The molecule has 20 heavy (non-hydrogen) atoms. The van der Waals surface area contributed by atoms with Gasteiger partial charge in [-0.2, -0.15) is 0 Å². The first-order valence-electron chi connectivity index (χ1n) is 7.27. The topological polar surface area (TPSA) is 38.1 Å². The molecule has 2 rings (SSSR count). The van der Waals surface area contributed by atoms with Crippen LogP contribution < -0.4 is 5.32 Å². The predicted molar refractivity (Wildman–Crippen MR) is 81.7 cm³/mol. The lowest BCUT2D eigenvalue weighted by Crippen LogP contribution is -2.24. The van der Waals surface area contributed by atoms with Crippen molar-refractivity contribution in [3.63, 3.8) is 0 Å².